The molecule has 7 heteroatoms. The fraction of sp³-hybridized carbons (Fsp3) is 0. The van der Waals surface area contributed by atoms with Crippen LogP contribution in [0.1, 0.15) is 10.5 Å². The van der Waals surface area contributed by atoms with Crippen molar-refractivity contribution in [3.05, 3.63) is 93.9 Å². The average Bonchev–Trinajstić information content (AvgIpc) is 2.71. The van der Waals surface area contributed by atoms with Crippen LogP contribution in [-0.4, -0.2) is 16.1 Å². The molecule has 0 radical (unpaired) electrons. The van der Waals surface area contributed by atoms with E-state index in [9.17, 15) is 9.59 Å². The number of hydrogen-bond donors (Lipinski definition) is 2. The molecule has 0 saturated carbocycles. The van der Waals surface area contributed by atoms with Gasteiger partial charge in [-0.25, -0.2) is 5.10 Å². The van der Waals surface area contributed by atoms with E-state index in [2.05, 4.69) is 15.5 Å². The fourth-order valence-electron chi connectivity index (χ4n) is 2.74. The maximum atomic E-state index is 12.6. The Morgan fingerprint density at radius 1 is 0.929 bits per heavy atom. The van der Waals surface area contributed by atoms with Gasteiger partial charge in [-0.1, -0.05) is 53.7 Å². The highest BCUT2D eigenvalue weighted by Gasteiger charge is 2.14. The topological polar surface area (TPSA) is 74.8 Å². The van der Waals surface area contributed by atoms with Gasteiger partial charge in [-0.15, -0.1) is 0 Å². The predicted octanol–water partition coefficient (Wildman–Crippen LogP) is 4.98. The van der Waals surface area contributed by atoms with Crippen LogP contribution in [0.2, 0.25) is 5.02 Å². The van der Waals surface area contributed by atoms with E-state index in [0.29, 0.717) is 21.5 Å². The van der Waals surface area contributed by atoms with Crippen molar-refractivity contribution in [2.75, 3.05) is 5.32 Å². The maximum absolute atomic E-state index is 12.6. The number of halogens is 1. The number of aromatic amines is 1. The first kappa shape index (κ1) is 18.3. The van der Waals surface area contributed by atoms with Crippen molar-refractivity contribution >= 4 is 45.7 Å². The fourth-order valence-corrected chi connectivity index (χ4v) is 3.83. The lowest BCUT2D eigenvalue weighted by molar-refractivity contribution is 0.102. The summed E-state index contributed by atoms with van der Waals surface area (Å²) in [7, 11) is 0. The number of anilines is 1. The molecule has 3 aromatic carbocycles. The zero-order chi connectivity index (χ0) is 19.5. The molecule has 4 rings (SSSR count). The number of carbonyl (C=O) groups excluding carboxylic acids is 1. The number of hydrogen-bond acceptors (Lipinski definition) is 4. The number of nitrogens with one attached hydrogen (secondary N) is 2. The van der Waals surface area contributed by atoms with Crippen molar-refractivity contribution in [3.63, 3.8) is 0 Å². The Labute approximate surface area is 169 Å². The molecule has 1 amide bonds. The molecule has 0 saturated heterocycles. The van der Waals surface area contributed by atoms with E-state index in [1.165, 1.54) is 0 Å². The largest absolute Gasteiger partial charge is 0.321 e. The number of benzene rings is 3. The molecular formula is C21H14ClN3O2S. The number of nitrogens with zero attached hydrogens (tertiary/aromatic N) is 1. The second kappa shape index (κ2) is 7.88. The van der Waals surface area contributed by atoms with Crippen molar-refractivity contribution in [1.29, 1.82) is 0 Å². The lowest BCUT2D eigenvalue weighted by Crippen LogP contribution is -2.19. The minimum Gasteiger partial charge on any atom is -0.321 e. The molecule has 0 aliphatic carbocycles. The average molecular weight is 408 g/mol. The molecule has 0 aliphatic rings. The van der Waals surface area contributed by atoms with Gasteiger partial charge in [0.25, 0.3) is 11.5 Å². The third kappa shape index (κ3) is 3.78. The molecular weight excluding hydrogens is 394 g/mol. The smallest absolute Gasteiger partial charge is 0.276 e. The first-order valence-electron chi connectivity index (χ1n) is 8.43. The van der Waals surface area contributed by atoms with E-state index in [4.69, 9.17) is 11.6 Å². The van der Waals surface area contributed by atoms with Crippen LogP contribution in [0.25, 0.3) is 10.8 Å². The second-order valence-electron chi connectivity index (χ2n) is 5.96. The molecule has 0 atom stereocenters. The third-order valence-corrected chi connectivity index (χ3v) is 5.61. The zero-order valence-corrected chi connectivity index (χ0v) is 16.1. The van der Waals surface area contributed by atoms with Gasteiger partial charge in [0.05, 0.1) is 10.4 Å². The van der Waals surface area contributed by atoms with E-state index in [1.54, 1.807) is 36.0 Å². The number of amides is 1. The highest BCUT2D eigenvalue weighted by atomic mass is 35.5. The molecule has 1 heterocycles. The molecule has 0 bridgehead atoms. The van der Waals surface area contributed by atoms with Crippen LogP contribution in [0.3, 0.4) is 0 Å². The van der Waals surface area contributed by atoms with Crippen LogP contribution in [0.5, 0.6) is 0 Å². The van der Waals surface area contributed by atoms with Gasteiger partial charge in [-0.2, -0.15) is 5.10 Å². The summed E-state index contributed by atoms with van der Waals surface area (Å²) in [6.45, 7) is 0. The van der Waals surface area contributed by atoms with Crippen molar-refractivity contribution in [2.24, 2.45) is 0 Å². The Bertz CT molecular complexity index is 1220. The Hall–Kier alpha value is -3.09. The zero-order valence-electron chi connectivity index (χ0n) is 14.5. The van der Waals surface area contributed by atoms with Crippen LogP contribution in [0.15, 0.2) is 87.4 Å². The predicted molar refractivity (Wildman–Crippen MR) is 112 cm³/mol. The second-order valence-corrected chi connectivity index (χ2v) is 7.48. The molecule has 0 aliphatic heterocycles. The minimum atomic E-state index is -0.390. The van der Waals surface area contributed by atoms with Crippen molar-refractivity contribution in [3.8, 4) is 0 Å². The summed E-state index contributed by atoms with van der Waals surface area (Å²) in [6, 6.07) is 21.9. The summed E-state index contributed by atoms with van der Waals surface area (Å²) in [4.78, 5) is 26.5. The van der Waals surface area contributed by atoms with Crippen LogP contribution in [0, 0.1) is 0 Å². The summed E-state index contributed by atoms with van der Waals surface area (Å²) in [5.41, 5.74) is 0.475. The van der Waals surface area contributed by atoms with E-state index < -0.39 is 0 Å². The summed E-state index contributed by atoms with van der Waals surface area (Å²) in [6.07, 6.45) is 0. The number of carbonyl (C=O) groups is 1. The van der Waals surface area contributed by atoms with Gasteiger partial charge in [0.1, 0.15) is 0 Å². The highest BCUT2D eigenvalue weighted by Crippen LogP contribution is 2.33. The number of H-pyrrole nitrogens is 1. The quantitative estimate of drug-likeness (QED) is 0.500. The Morgan fingerprint density at radius 3 is 2.36 bits per heavy atom. The molecule has 2 N–H and O–H groups in total. The van der Waals surface area contributed by atoms with Crippen molar-refractivity contribution in [2.45, 2.75) is 9.79 Å². The van der Waals surface area contributed by atoms with E-state index in [0.717, 1.165) is 9.79 Å². The lowest BCUT2D eigenvalue weighted by atomic mass is 10.1. The first-order chi connectivity index (χ1) is 13.6. The van der Waals surface area contributed by atoms with Gasteiger partial charge in [0.15, 0.2) is 5.69 Å². The maximum Gasteiger partial charge on any atom is 0.276 e. The van der Waals surface area contributed by atoms with Gasteiger partial charge >= 0.3 is 0 Å². The summed E-state index contributed by atoms with van der Waals surface area (Å²) >= 11 is 7.74. The lowest BCUT2D eigenvalue weighted by Gasteiger charge is -2.08. The molecule has 0 unspecified atom stereocenters. The van der Waals surface area contributed by atoms with E-state index in [1.807, 2.05) is 48.5 Å². The Kier molecular flexibility index (Phi) is 5.14. The summed E-state index contributed by atoms with van der Waals surface area (Å²) in [5, 5.41) is 10.7. The number of rotatable bonds is 4. The minimum absolute atomic E-state index is 0.171. The van der Waals surface area contributed by atoms with Gasteiger partial charge in [0.2, 0.25) is 0 Å². The monoisotopic (exact) mass is 407 g/mol. The summed E-state index contributed by atoms with van der Waals surface area (Å²) < 4.78 is 0. The van der Waals surface area contributed by atoms with Gasteiger partial charge in [-0.05, 0) is 42.5 Å². The van der Waals surface area contributed by atoms with Gasteiger partial charge < -0.3 is 5.32 Å². The molecule has 0 fully saturated rings. The Balaban J connectivity index is 1.54. The number of aromatic nitrogens is 2. The van der Waals surface area contributed by atoms with E-state index in [-0.39, 0.29) is 17.2 Å². The molecule has 28 heavy (non-hydrogen) atoms. The SMILES string of the molecule is O=C(Nc1ccc(Sc2ccccc2Cl)cc1)c1n[nH]c(=O)c2ccccc12. The normalized spacial score (nSPS) is 10.8. The third-order valence-electron chi connectivity index (χ3n) is 4.09. The van der Waals surface area contributed by atoms with Crippen LogP contribution in [-0.2, 0) is 0 Å². The van der Waals surface area contributed by atoms with Crippen LogP contribution in [0.4, 0.5) is 5.69 Å². The van der Waals surface area contributed by atoms with Crippen molar-refractivity contribution < 1.29 is 4.79 Å². The standard InChI is InChI=1S/C21H14ClN3O2S/c22-17-7-3-4-8-18(17)28-14-11-9-13(10-12-14)23-21(27)19-15-5-1-2-6-16(15)20(26)25-24-19/h1-12H,(H,23,27)(H,25,26). The van der Waals surface area contributed by atoms with Crippen molar-refractivity contribution in [1.82, 2.24) is 10.2 Å². The number of fused-ring (bicyclic) bond motifs is 1. The van der Waals surface area contributed by atoms with Gasteiger partial charge in [-0.3, -0.25) is 9.59 Å². The molecule has 5 nitrogen and oxygen atoms in total. The van der Waals surface area contributed by atoms with Gasteiger partial charge in [0, 0.05) is 20.9 Å². The molecule has 1 aromatic heterocycles. The molecule has 138 valence electrons. The van der Waals surface area contributed by atoms with Crippen LogP contribution >= 0.6 is 23.4 Å². The van der Waals surface area contributed by atoms with Crippen LogP contribution < -0.4 is 10.9 Å². The summed E-state index contributed by atoms with van der Waals surface area (Å²) in [5.74, 6) is -0.390. The first-order valence-corrected chi connectivity index (χ1v) is 9.62. The van der Waals surface area contributed by atoms with E-state index >= 15 is 0 Å². The Morgan fingerprint density at radius 2 is 1.61 bits per heavy atom. The highest BCUT2D eigenvalue weighted by molar-refractivity contribution is 7.99. The molecule has 4 aromatic rings. The molecule has 0 spiro atoms.